The van der Waals surface area contributed by atoms with E-state index in [-0.39, 0.29) is 0 Å². The predicted molar refractivity (Wildman–Crippen MR) is 79.7 cm³/mol. The summed E-state index contributed by atoms with van der Waals surface area (Å²) in [5.41, 5.74) is 3.71. The van der Waals surface area contributed by atoms with Crippen LogP contribution in [0.3, 0.4) is 0 Å². The van der Waals surface area contributed by atoms with Gasteiger partial charge in [0.05, 0.1) is 0 Å². The summed E-state index contributed by atoms with van der Waals surface area (Å²) in [6.07, 6.45) is 1.12. The first kappa shape index (κ1) is 14.2. The van der Waals surface area contributed by atoms with Crippen LogP contribution in [0.25, 0.3) is 0 Å². The van der Waals surface area contributed by atoms with Crippen LogP contribution in [0.5, 0.6) is 0 Å². The van der Waals surface area contributed by atoms with Crippen molar-refractivity contribution in [2.75, 3.05) is 13.1 Å². The van der Waals surface area contributed by atoms with E-state index < -0.39 is 0 Å². The average molecular weight is 250 g/mol. The zero-order chi connectivity index (χ0) is 12.7. The van der Waals surface area contributed by atoms with Crippen LogP contribution in [0.4, 0.5) is 0 Å². The molecule has 1 unspecified atom stereocenters. The molecule has 0 saturated carbocycles. The van der Waals surface area contributed by atoms with Crippen LogP contribution in [0.1, 0.15) is 24.5 Å². The summed E-state index contributed by atoms with van der Waals surface area (Å²) in [5.74, 6) is 0. The van der Waals surface area contributed by atoms with Crippen LogP contribution in [-0.4, -0.2) is 13.1 Å². The van der Waals surface area contributed by atoms with Crippen LogP contribution < -0.4 is 15.9 Å². The third kappa shape index (κ3) is 6.45. The van der Waals surface area contributed by atoms with Gasteiger partial charge in [-0.1, -0.05) is 30.3 Å². The Morgan fingerprint density at radius 3 is 2.71 bits per heavy atom. The lowest BCUT2D eigenvalue weighted by Crippen LogP contribution is -2.20. The Morgan fingerprint density at radius 1 is 1.29 bits per heavy atom. The Hall–Kier alpha value is -0.850. The minimum absolute atomic E-state index is 0.941. The molecule has 0 spiro atoms. The molecule has 0 heterocycles. The van der Waals surface area contributed by atoms with Crippen LogP contribution in [0.15, 0.2) is 30.5 Å². The molecule has 17 heavy (non-hydrogen) atoms. The largest absolute Gasteiger partial charge is 0.389 e. The first-order valence-electron chi connectivity index (χ1n) is 6.04. The molecule has 3 heteroatoms. The number of benzene rings is 1. The fraction of sp³-hybridized carbons (Fsp3) is 0.429. The molecule has 0 aromatic heterocycles. The average Bonchev–Trinajstić information content (AvgIpc) is 2.21. The first-order chi connectivity index (χ1) is 8.08. The van der Waals surface area contributed by atoms with Crippen molar-refractivity contribution in [3.63, 3.8) is 0 Å². The molecular weight excluding hydrogens is 227 g/mol. The predicted octanol–water partition coefficient (Wildman–Crippen LogP) is 2.10. The minimum atomic E-state index is 0.941. The second-order valence-corrected chi connectivity index (χ2v) is 5.16. The van der Waals surface area contributed by atoms with Crippen molar-refractivity contribution in [1.29, 1.82) is 0 Å². The van der Waals surface area contributed by atoms with Gasteiger partial charge in [0, 0.05) is 18.8 Å². The monoisotopic (exact) mass is 250 g/mol. The van der Waals surface area contributed by atoms with Gasteiger partial charge in [-0.3, -0.25) is 0 Å². The second-order valence-electron chi connectivity index (χ2n) is 4.49. The van der Waals surface area contributed by atoms with Crippen LogP contribution in [-0.2, 0) is 6.54 Å². The van der Waals surface area contributed by atoms with Gasteiger partial charge < -0.3 is 10.6 Å². The summed E-state index contributed by atoms with van der Waals surface area (Å²) in [5, 5.41) is 7.93. The van der Waals surface area contributed by atoms with E-state index in [9.17, 15) is 0 Å². The molecule has 0 aliphatic carbocycles. The Balaban J connectivity index is 2.20. The molecule has 1 atom stereocenters. The number of hydrogen-bond donors (Lipinski definition) is 2. The molecule has 1 aromatic rings. The van der Waals surface area contributed by atoms with E-state index in [1.165, 1.54) is 16.4 Å². The molecule has 2 nitrogen and oxygen atoms in total. The Morgan fingerprint density at radius 2 is 2.06 bits per heavy atom. The number of nitrogens with one attached hydrogen (secondary N) is 2. The topological polar surface area (TPSA) is 24.1 Å². The summed E-state index contributed by atoms with van der Waals surface area (Å²) >= 11 is 0. The zero-order valence-corrected chi connectivity index (χ0v) is 12.0. The molecule has 0 saturated heterocycles. The molecular formula is C14H23N2P. The van der Waals surface area contributed by atoms with E-state index in [4.69, 9.17) is 0 Å². The van der Waals surface area contributed by atoms with Gasteiger partial charge in [-0.2, -0.15) is 0 Å². The molecule has 0 aliphatic rings. The van der Waals surface area contributed by atoms with Crippen LogP contribution >= 0.6 is 9.24 Å². The molecule has 94 valence electrons. The van der Waals surface area contributed by atoms with Gasteiger partial charge in [-0.15, -0.1) is 9.24 Å². The summed E-state index contributed by atoms with van der Waals surface area (Å²) < 4.78 is 0. The lowest BCUT2D eigenvalue weighted by molar-refractivity contribution is 0.626. The van der Waals surface area contributed by atoms with E-state index in [0.29, 0.717) is 0 Å². The van der Waals surface area contributed by atoms with Crippen molar-refractivity contribution in [1.82, 2.24) is 10.6 Å². The van der Waals surface area contributed by atoms with Gasteiger partial charge in [0.25, 0.3) is 0 Å². The van der Waals surface area contributed by atoms with Crippen molar-refractivity contribution in [3.05, 3.63) is 41.6 Å². The smallest absolute Gasteiger partial charge is 0.0205 e. The maximum absolute atomic E-state index is 3.81. The quantitative estimate of drug-likeness (QED) is 0.572. The Labute approximate surface area is 107 Å². The normalized spacial score (nSPS) is 10.3. The maximum atomic E-state index is 3.81. The highest BCUT2D eigenvalue weighted by atomic mass is 31.0. The molecule has 0 amide bonds. The van der Waals surface area contributed by atoms with Gasteiger partial charge in [0.1, 0.15) is 0 Å². The van der Waals surface area contributed by atoms with Gasteiger partial charge in [-0.05, 0) is 37.7 Å². The molecule has 1 aromatic carbocycles. The second kappa shape index (κ2) is 7.47. The molecule has 0 fully saturated rings. The number of hydrogen-bond acceptors (Lipinski definition) is 2. The summed E-state index contributed by atoms with van der Waals surface area (Å²) in [6, 6.07) is 6.61. The Bertz CT molecular complexity index is 354. The van der Waals surface area contributed by atoms with Crippen LogP contribution in [0.2, 0.25) is 0 Å². The van der Waals surface area contributed by atoms with E-state index in [0.717, 1.165) is 31.8 Å². The molecule has 0 radical (unpaired) electrons. The van der Waals surface area contributed by atoms with Crippen molar-refractivity contribution >= 4 is 14.5 Å². The summed E-state index contributed by atoms with van der Waals surface area (Å²) in [6.45, 7) is 10.9. The molecule has 1 rings (SSSR count). The lowest BCUT2D eigenvalue weighted by Gasteiger charge is -2.08. The standard InChI is InChI=1S/C14H23N2P/c1-11(2)16-6-4-5-15-10-13-7-12(3)8-14(17)9-13/h7-9,15-16H,1,4-6,10,17H2,2-3H3. The van der Waals surface area contributed by atoms with Gasteiger partial charge in [-0.25, -0.2) is 0 Å². The van der Waals surface area contributed by atoms with Crippen molar-refractivity contribution in [3.8, 4) is 0 Å². The highest BCUT2D eigenvalue weighted by Gasteiger charge is 1.95. The highest BCUT2D eigenvalue weighted by molar-refractivity contribution is 7.27. The van der Waals surface area contributed by atoms with Crippen LogP contribution in [0, 0.1) is 6.92 Å². The van der Waals surface area contributed by atoms with Crippen molar-refractivity contribution < 1.29 is 0 Å². The van der Waals surface area contributed by atoms with Crippen molar-refractivity contribution in [2.45, 2.75) is 26.8 Å². The fourth-order valence-electron chi connectivity index (χ4n) is 1.74. The van der Waals surface area contributed by atoms with E-state index >= 15 is 0 Å². The molecule has 2 N–H and O–H groups in total. The minimum Gasteiger partial charge on any atom is -0.389 e. The number of aryl methyl sites for hydroxylation is 1. The third-order valence-corrected chi connectivity index (χ3v) is 2.78. The van der Waals surface area contributed by atoms with Crippen molar-refractivity contribution in [2.24, 2.45) is 0 Å². The Kier molecular flexibility index (Phi) is 6.25. The fourth-order valence-corrected chi connectivity index (χ4v) is 2.22. The van der Waals surface area contributed by atoms with E-state index in [2.05, 4.69) is 51.6 Å². The first-order valence-corrected chi connectivity index (χ1v) is 6.62. The molecule has 0 bridgehead atoms. The molecule has 0 aliphatic heterocycles. The van der Waals surface area contributed by atoms with Gasteiger partial charge in [0.15, 0.2) is 0 Å². The highest BCUT2D eigenvalue weighted by Crippen LogP contribution is 2.04. The summed E-state index contributed by atoms with van der Waals surface area (Å²) in [7, 11) is 2.75. The summed E-state index contributed by atoms with van der Waals surface area (Å²) in [4.78, 5) is 0. The SMILES string of the molecule is C=C(C)NCCCNCc1cc(C)cc(P)c1. The van der Waals surface area contributed by atoms with E-state index in [1.807, 2.05) is 6.92 Å². The number of allylic oxidation sites excluding steroid dienone is 1. The third-order valence-electron chi connectivity index (χ3n) is 2.45. The van der Waals surface area contributed by atoms with E-state index in [1.54, 1.807) is 0 Å². The zero-order valence-electron chi connectivity index (χ0n) is 10.8. The van der Waals surface area contributed by atoms with Gasteiger partial charge >= 0.3 is 0 Å². The lowest BCUT2D eigenvalue weighted by atomic mass is 10.1. The van der Waals surface area contributed by atoms with Gasteiger partial charge in [0.2, 0.25) is 0 Å². The number of rotatable bonds is 7. The maximum Gasteiger partial charge on any atom is 0.0205 e.